The summed E-state index contributed by atoms with van der Waals surface area (Å²) in [5.41, 5.74) is 0. The van der Waals surface area contributed by atoms with Crippen molar-refractivity contribution in [3.05, 3.63) is 0 Å². The van der Waals surface area contributed by atoms with E-state index in [9.17, 15) is 4.79 Å². The first-order valence-electron chi connectivity index (χ1n) is 2.20. The fourth-order valence-electron chi connectivity index (χ4n) is 0.235. The second-order valence-electron chi connectivity index (χ2n) is 1.30. The molecule has 0 aliphatic carbocycles. The summed E-state index contributed by atoms with van der Waals surface area (Å²) < 4.78 is 4.49. The van der Waals surface area contributed by atoms with Crippen molar-refractivity contribution in [2.45, 2.75) is 4.84 Å². The van der Waals surface area contributed by atoms with E-state index in [0.29, 0.717) is 0 Å². The highest BCUT2D eigenvalue weighted by molar-refractivity contribution is 6.44. The molecule has 0 aliphatic heterocycles. The predicted octanol–water partition coefficient (Wildman–Crippen LogP) is 0.891. The molecular formula is C4H6Cl2O3. The molecule has 9 heavy (non-hydrogen) atoms. The zero-order valence-corrected chi connectivity index (χ0v) is 6.02. The van der Waals surface area contributed by atoms with Gasteiger partial charge in [0.2, 0.25) is 0 Å². The summed E-state index contributed by atoms with van der Waals surface area (Å²) in [5.74, 6) is -1.02. The van der Waals surface area contributed by atoms with Crippen LogP contribution in [0, 0.1) is 0 Å². The van der Waals surface area contributed by atoms with Crippen LogP contribution in [0.4, 0.5) is 0 Å². The summed E-state index contributed by atoms with van der Waals surface area (Å²) in [6, 6.07) is 0. The maximum atomic E-state index is 9.77. The van der Waals surface area contributed by atoms with Gasteiger partial charge in [0.15, 0.2) is 0 Å². The SMILES string of the molecule is O=C(O)COCC(Cl)Cl. The van der Waals surface area contributed by atoms with Crippen molar-refractivity contribution in [1.29, 1.82) is 0 Å². The quantitative estimate of drug-likeness (QED) is 0.642. The van der Waals surface area contributed by atoms with Crippen LogP contribution in [0.25, 0.3) is 0 Å². The number of ether oxygens (including phenoxy) is 1. The average Bonchev–Trinajstić information content (AvgIpc) is 1.63. The number of hydrogen-bond acceptors (Lipinski definition) is 2. The second kappa shape index (κ2) is 4.85. The Balaban J connectivity index is 3.01. The zero-order chi connectivity index (χ0) is 7.28. The third kappa shape index (κ3) is 8.01. The summed E-state index contributed by atoms with van der Waals surface area (Å²) in [6.07, 6.45) is 0. The van der Waals surface area contributed by atoms with E-state index in [-0.39, 0.29) is 13.2 Å². The second-order valence-corrected chi connectivity index (χ2v) is 2.58. The molecule has 0 amide bonds. The van der Waals surface area contributed by atoms with Crippen molar-refractivity contribution in [3.8, 4) is 0 Å². The Bertz CT molecular complexity index is 93.8. The highest BCUT2D eigenvalue weighted by atomic mass is 35.5. The van der Waals surface area contributed by atoms with E-state index < -0.39 is 10.8 Å². The normalized spacial score (nSPS) is 10.1. The number of hydrogen-bond donors (Lipinski definition) is 1. The van der Waals surface area contributed by atoms with Crippen LogP contribution in [0.2, 0.25) is 0 Å². The predicted molar refractivity (Wildman–Crippen MR) is 33.9 cm³/mol. The number of carboxylic acids is 1. The molecule has 0 unspecified atom stereocenters. The number of carboxylic acid groups (broad SMARTS) is 1. The largest absolute Gasteiger partial charge is 0.480 e. The van der Waals surface area contributed by atoms with E-state index in [2.05, 4.69) is 4.74 Å². The first-order valence-corrected chi connectivity index (χ1v) is 3.08. The first-order chi connectivity index (χ1) is 4.13. The summed E-state index contributed by atoms with van der Waals surface area (Å²) >= 11 is 10.4. The number of halogens is 2. The Kier molecular flexibility index (Phi) is 4.85. The maximum absolute atomic E-state index is 9.77. The van der Waals surface area contributed by atoms with Gasteiger partial charge in [0.05, 0.1) is 6.61 Å². The van der Waals surface area contributed by atoms with Crippen LogP contribution < -0.4 is 0 Å². The van der Waals surface area contributed by atoms with Crippen LogP contribution >= 0.6 is 23.2 Å². The van der Waals surface area contributed by atoms with Crippen LogP contribution in [0.3, 0.4) is 0 Å². The van der Waals surface area contributed by atoms with Crippen LogP contribution in [-0.4, -0.2) is 29.1 Å². The van der Waals surface area contributed by atoms with Crippen molar-refractivity contribution >= 4 is 29.2 Å². The molecule has 5 heteroatoms. The van der Waals surface area contributed by atoms with Crippen LogP contribution in [0.5, 0.6) is 0 Å². The fourth-order valence-corrected chi connectivity index (χ4v) is 0.413. The molecule has 0 saturated carbocycles. The molecule has 0 aromatic carbocycles. The van der Waals surface area contributed by atoms with Gasteiger partial charge in [-0.25, -0.2) is 4.79 Å². The molecule has 0 fully saturated rings. The maximum Gasteiger partial charge on any atom is 0.329 e. The average molecular weight is 173 g/mol. The number of rotatable bonds is 4. The van der Waals surface area contributed by atoms with Gasteiger partial charge in [0, 0.05) is 0 Å². The van der Waals surface area contributed by atoms with Gasteiger partial charge in [-0.3, -0.25) is 0 Å². The topological polar surface area (TPSA) is 46.5 Å². The molecule has 0 spiro atoms. The van der Waals surface area contributed by atoms with Gasteiger partial charge in [0.1, 0.15) is 11.4 Å². The Labute approximate surface area is 62.5 Å². The number of carbonyl (C=O) groups is 1. The lowest BCUT2D eigenvalue weighted by Crippen LogP contribution is -2.10. The third-order valence-corrected chi connectivity index (χ3v) is 0.721. The summed E-state index contributed by atoms with van der Waals surface area (Å²) in [4.78, 5) is 9.12. The molecule has 0 saturated heterocycles. The van der Waals surface area contributed by atoms with E-state index in [1.807, 2.05) is 0 Å². The molecule has 0 rings (SSSR count). The Morgan fingerprint density at radius 2 is 2.22 bits per heavy atom. The van der Waals surface area contributed by atoms with E-state index >= 15 is 0 Å². The van der Waals surface area contributed by atoms with Gasteiger partial charge in [-0.15, -0.1) is 23.2 Å². The molecule has 1 N–H and O–H groups in total. The summed E-state index contributed by atoms with van der Waals surface area (Å²) in [6.45, 7) is -0.300. The van der Waals surface area contributed by atoms with Crippen molar-refractivity contribution in [1.82, 2.24) is 0 Å². The van der Waals surface area contributed by atoms with Crippen LogP contribution in [0.1, 0.15) is 0 Å². The van der Waals surface area contributed by atoms with Gasteiger partial charge in [-0.05, 0) is 0 Å². The van der Waals surface area contributed by atoms with E-state index in [1.54, 1.807) is 0 Å². The minimum atomic E-state index is -1.02. The minimum Gasteiger partial charge on any atom is -0.480 e. The molecule has 0 heterocycles. The molecule has 0 aromatic rings. The minimum absolute atomic E-state index is 0.0510. The van der Waals surface area contributed by atoms with Gasteiger partial charge < -0.3 is 9.84 Å². The smallest absolute Gasteiger partial charge is 0.329 e. The molecule has 54 valence electrons. The monoisotopic (exact) mass is 172 g/mol. The molecule has 0 bridgehead atoms. The highest BCUT2D eigenvalue weighted by Crippen LogP contribution is 2.00. The van der Waals surface area contributed by atoms with Gasteiger partial charge in [-0.2, -0.15) is 0 Å². The van der Waals surface area contributed by atoms with E-state index in [4.69, 9.17) is 28.3 Å². The highest BCUT2D eigenvalue weighted by Gasteiger charge is 2.00. The standard InChI is InChI=1S/C4H6Cl2O3/c5-3(6)1-9-2-4(7)8/h3H,1-2H2,(H,7,8). The van der Waals surface area contributed by atoms with Crippen LogP contribution in [0.15, 0.2) is 0 Å². The van der Waals surface area contributed by atoms with Crippen molar-refractivity contribution in [2.24, 2.45) is 0 Å². The van der Waals surface area contributed by atoms with Crippen LogP contribution in [-0.2, 0) is 9.53 Å². The molecule has 3 nitrogen and oxygen atoms in total. The van der Waals surface area contributed by atoms with E-state index in [1.165, 1.54) is 0 Å². The Hall–Kier alpha value is 0.01000. The first kappa shape index (κ1) is 9.01. The number of aliphatic carboxylic acids is 1. The van der Waals surface area contributed by atoms with Crippen molar-refractivity contribution in [2.75, 3.05) is 13.2 Å². The van der Waals surface area contributed by atoms with Crippen molar-refractivity contribution < 1.29 is 14.6 Å². The van der Waals surface area contributed by atoms with Gasteiger partial charge >= 0.3 is 5.97 Å². The third-order valence-electron chi connectivity index (χ3n) is 0.469. The van der Waals surface area contributed by atoms with Crippen molar-refractivity contribution in [3.63, 3.8) is 0 Å². The van der Waals surface area contributed by atoms with Gasteiger partial charge in [-0.1, -0.05) is 0 Å². The molecule has 0 atom stereocenters. The Morgan fingerprint density at radius 3 is 2.56 bits per heavy atom. The molecule has 0 radical (unpaired) electrons. The number of alkyl halides is 2. The summed E-state index contributed by atoms with van der Waals surface area (Å²) in [5, 5.41) is 8.02. The summed E-state index contributed by atoms with van der Waals surface area (Å²) in [7, 11) is 0. The molecular weight excluding hydrogens is 167 g/mol. The fraction of sp³-hybridized carbons (Fsp3) is 0.750. The lowest BCUT2D eigenvalue weighted by Gasteiger charge is -1.98. The Morgan fingerprint density at radius 1 is 1.67 bits per heavy atom. The lowest BCUT2D eigenvalue weighted by molar-refractivity contribution is -0.142. The van der Waals surface area contributed by atoms with Gasteiger partial charge in [0.25, 0.3) is 0 Å². The molecule has 0 aromatic heterocycles. The van der Waals surface area contributed by atoms with E-state index in [0.717, 1.165) is 0 Å². The lowest BCUT2D eigenvalue weighted by atomic mass is 10.7. The molecule has 0 aliphatic rings. The zero-order valence-electron chi connectivity index (χ0n) is 4.51.